The Morgan fingerprint density at radius 1 is 1.22 bits per heavy atom. The number of rotatable bonds is 9. The van der Waals surface area contributed by atoms with E-state index in [1.807, 2.05) is 0 Å². The number of hydrogen-bond donors (Lipinski definition) is 6. The van der Waals surface area contributed by atoms with Gasteiger partial charge in [-0.05, 0) is 0 Å². The van der Waals surface area contributed by atoms with Crippen molar-refractivity contribution in [1.29, 1.82) is 0 Å². The van der Waals surface area contributed by atoms with Crippen molar-refractivity contribution in [2.45, 2.75) is 56.0 Å². The number of ether oxygens (including phenoxy) is 2. The molecule has 0 radical (unpaired) electrons. The topological polar surface area (TPSA) is 253 Å². The smallest absolute Gasteiger partial charge is 0.386 e. The number of nitrogen functional groups attached to an aromatic ring is 2. The second-order valence-electron chi connectivity index (χ2n) is 9.61. The number of H-pyrrole nitrogens is 1. The number of aliphatic hydroxyl groups excluding tert-OH is 2. The summed E-state index contributed by atoms with van der Waals surface area (Å²) in [7, 11) is 0. The molecule has 18 nitrogen and oxygen atoms in total. The summed E-state index contributed by atoms with van der Waals surface area (Å²) in [6.07, 6.45) is 0.298. The van der Waals surface area contributed by atoms with E-state index in [0.717, 1.165) is 0 Å². The monoisotopic (exact) mass is 610 g/mol. The van der Waals surface area contributed by atoms with E-state index in [1.165, 1.54) is 21.7 Å². The van der Waals surface area contributed by atoms with Gasteiger partial charge in [0.1, 0.15) is 18.5 Å². The molecule has 2 aliphatic heterocycles. The third-order valence-electron chi connectivity index (χ3n) is 6.91. The molecule has 4 aromatic heterocycles. The highest BCUT2D eigenvalue weighted by molar-refractivity contribution is 8.44. The maximum atomic E-state index is 13.2. The zero-order chi connectivity index (χ0) is 28.9. The third kappa shape index (κ3) is 5.42. The Morgan fingerprint density at radius 3 is 2.85 bits per heavy atom. The number of hydrogen-bond acceptors (Lipinski definition) is 15. The molecule has 0 spiro atoms. The molecule has 0 unspecified atom stereocenters. The first-order valence-corrected chi connectivity index (χ1v) is 15.2. The molecule has 6 rings (SSSR count). The average molecular weight is 611 g/mol. The molecule has 2 aliphatic rings. The van der Waals surface area contributed by atoms with Crippen molar-refractivity contribution < 1.29 is 33.3 Å². The number of aromatic nitrogens is 8. The molecular weight excluding hydrogens is 583 g/mol. The minimum Gasteiger partial charge on any atom is -0.394 e. The molecule has 0 aromatic carbocycles. The lowest BCUT2D eigenvalue weighted by atomic mass is 10.1. The molecule has 20 heteroatoms. The number of anilines is 2. The van der Waals surface area contributed by atoms with Crippen LogP contribution in [0.5, 0.6) is 0 Å². The predicted molar refractivity (Wildman–Crippen MR) is 144 cm³/mol. The number of nitrogens with zero attached hydrogens (tertiary/aromatic N) is 7. The van der Waals surface area contributed by atoms with Gasteiger partial charge in [0.25, 0.3) is 5.56 Å². The van der Waals surface area contributed by atoms with Crippen LogP contribution in [0.15, 0.2) is 23.6 Å². The number of thiol groups is 1. The molecular formula is C21H27N10O8PS. The quantitative estimate of drug-likeness (QED) is 0.105. The minimum absolute atomic E-state index is 0.0209. The van der Waals surface area contributed by atoms with E-state index >= 15 is 0 Å². The van der Waals surface area contributed by atoms with E-state index in [4.69, 9.17) is 30.0 Å². The van der Waals surface area contributed by atoms with Crippen LogP contribution in [0.3, 0.4) is 0 Å². The van der Waals surface area contributed by atoms with Crippen molar-refractivity contribution >= 4 is 47.6 Å². The van der Waals surface area contributed by atoms with Crippen LogP contribution in [0.2, 0.25) is 0 Å². The normalized spacial score (nSPS) is 28.1. The van der Waals surface area contributed by atoms with Crippen LogP contribution in [0.4, 0.5) is 11.8 Å². The number of nitrogens with two attached hydrogens (primary N) is 2. The highest BCUT2D eigenvalue weighted by Crippen LogP contribution is 2.56. The maximum absolute atomic E-state index is 13.2. The van der Waals surface area contributed by atoms with E-state index in [1.54, 1.807) is 6.20 Å². The van der Waals surface area contributed by atoms with Crippen molar-refractivity contribution in [2.75, 3.05) is 24.7 Å². The molecule has 220 valence electrons. The first-order chi connectivity index (χ1) is 19.6. The van der Waals surface area contributed by atoms with Crippen molar-refractivity contribution in [1.82, 2.24) is 39.1 Å². The molecule has 7 atom stereocenters. The first-order valence-electron chi connectivity index (χ1n) is 12.6. The van der Waals surface area contributed by atoms with Gasteiger partial charge in [-0.2, -0.15) is 10.1 Å². The van der Waals surface area contributed by atoms with Crippen molar-refractivity contribution in [3.8, 4) is 0 Å². The number of nitrogens with one attached hydrogen (secondary N) is 1. The third-order valence-corrected chi connectivity index (χ3v) is 8.59. The van der Waals surface area contributed by atoms with E-state index in [-0.39, 0.29) is 55.4 Å². The SMILES string of the molecule is Nc1nc2c(ncn2[C@@H]2O[C@H](CO)C[C@H]2O[P@](=O)(S)OCC[C@H]2O[C@@H](c3cnc4c(N)ncnn34)C[C@@H]2O)c(=O)[nH]1. The molecule has 2 saturated heterocycles. The summed E-state index contributed by atoms with van der Waals surface area (Å²) in [5, 5.41) is 24.4. The van der Waals surface area contributed by atoms with Crippen LogP contribution in [0.1, 0.15) is 37.3 Å². The molecule has 7 N–H and O–H groups in total. The van der Waals surface area contributed by atoms with E-state index in [0.29, 0.717) is 11.3 Å². The van der Waals surface area contributed by atoms with E-state index in [2.05, 4.69) is 42.3 Å². The van der Waals surface area contributed by atoms with Crippen LogP contribution in [0.25, 0.3) is 16.8 Å². The second kappa shape index (κ2) is 10.9. The molecule has 0 amide bonds. The summed E-state index contributed by atoms with van der Waals surface area (Å²) in [5.74, 6) is 0.0915. The maximum Gasteiger partial charge on any atom is 0.386 e. The zero-order valence-corrected chi connectivity index (χ0v) is 23.0. The second-order valence-corrected chi connectivity index (χ2v) is 12.5. The number of aliphatic hydroxyl groups is 2. The van der Waals surface area contributed by atoms with Crippen molar-refractivity contribution in [2.24, 2.45) is 0 Å². The van der Waals surface area contributed by atoms with Crippen LogP contribution in [-0.4, -0.2) is 86.9 Å². The largest absolute Gasteiger partial charge is 0.394 e. The van der Waals surface area contributed by atoms with Crippen molar-refractivity contribution in [3.05, 3.63) is 34.9 Å². The first kappa shape index (κ1) is 28.0. The van der Waals surface area contributed by atoms with Gasteiger partial charge in [-0.3, -0.25) is 18.9 Å². The Kier molecular flexibility index (Phi) is 7.45. The van der Waals surface area contributed by atoms with Gasteiger partial charge < -0.3 is 35.7 Å². The molecule has 0 aliphatic carbocycles. The molecule has 6 heterocycles. The molecule has 4 aromatic rings. The van der Waals surface area contributed by atoms with Crippen LogP contribution < -0.4 is 17.0 Å². The molecule has 0 saturated carbocycles. The van der Waals surface area contributed by atoms with Gasteiger partial charge in [0.2, 0.25) is 5.95 Å². The highest BCUT2D eigenvalue weighted by Gasteiger charge is 2.42. The van der Waals surface area contributed by atoms with E-state index in [9.17, 15) is 19.6 Å². The summed E-state index contributed by atoms with van der Waals surface area (Å²) >= 11 is 4.12. The summed E-state index contributed by atoms with van der Waals surface area (Å²) < 4.78 is 39.2. The van der Waals surface area contributed by atoms with Gasteiger partial charge in [0, 0.05) is 19.3 Å². The van der Waals surface area contributed by atoms with Gasteiger partial charge in [0.15, 0.2) is 28.9 Å². The molecule has 41 heavy (non-hydrogen) atoms. The minimum atomic E-state index is -3.97. The lowest BCUT2D eigenvalue weighted by Gasteiger charge is -2.23. The number of aromatic amines is 1. The summed E-state index contributed by atoms with van der Waals surface area (Å²) in [6.45, 7) is -4.42. The fourth-order valence-corrected chi connectivity index (χ4v) is 6.58. The van der Waals surface area contributed by atoms with Gasteiger partial charge in [-0.25, -0.2) is 24.0 Å². The summed E-state index contributed by atoms with van der Waals surface area (Å²) in [5.41, 5.74) is 12.1. The van der Waals surface area contributed by atoms with Crippen LogP contribution >= 0.6 is 19.0 Å². The standard InChI is InChI=1S/C21H27N10O8PS/c22-16-18-24-5-10(31(18)27-7-25-16)13-4-11(33)12(38-13)1-2-36-40(35,41)39-14-3-9(6-32)37-20(14)30-8-26-15-17(30)28-21(23)29-19(15)34/h5,7-9,11-14,20,32-33H,1-4,6H2,(H,35,41)(H2,22,25,27)(H3,23,28,29,34)/t9-,11-,12+,13+,14+,20+,40+/m0/s1. The Morgan fingerprint density at radius 2 is 2.05 bits per heavy atom. The number of fused-ring (bicyclic) bond motifs is 2. The Labute approximate surface area is 235 Å². The summed E-state index contributed by atoms with van der Waals surface area (Å²) in [6, 6.07) is 0. The fourth-order valence-electron chi connectivity index (χ4n) is 5.04. The Balaban J connectivity index is 1.10. The van der Waals surface area contributed by atoms with Gasteiger partial charge in [-0.1, -0.05) is 12.2 Å². The van der Waals surface area contributed by atoms with Crippen LogP contribution in [0, 0.1) is 0 Å². The van der Waals surface area contributed by atoms with Crippen LogP contribution in [-0.2, 0) is 23.1 Å². The number of imidazole rings is 2. The summed E-state index contributed by atoms with van der Waals surface area (Å²) in [4.78, 5) is 30.9. The van der Waals surface area contributed by atoms with Gasteiger partial charge in [-0.15, -0.1) is 0 Å². The molecule has 2 fully saturated rings. The predicted octanol–water partition coefficient (Wildman–Crippen LogP) is -0.278. The van der Waals surface area contributed by atoms with E-state index < -0.39 is 49.1 Å². The Hall–Kier alpha value is -3.16. The van der Waals surface area contributed by atoms with Gasteiger partial charge in [0.05, 0.1) is 49.7 Å². The highest BCUT2D eigenvalue weighted by atomic mass is 32.7. The van der Waals surface area contributed by atoms with Crippen molar-refractivity contribution in [3.63, 3.8) is 0 Å². The average Bonchev–Trinajstić information content (AvgIpc) is 3.69. The Bertz CT molecular complexity index is 1680. The molecule has 0 bridgehead atoms. The zero-order valence-electron chi connectivity index (χ0n) is 21.3. The fraction of sp³-hybridized carbons (Fsp3) is 0.524. The van der Waals surface area contributed by atoms with Gasteiger partial charge >= 0.3 is 6.80 Å². The lowest BCUT2D eigenvalue weighted by Crippen LogP contribution is -2.23. The lowest BCUT2D eigenvalue weighted by molar-refractivity contribution is -0.0456.